The number of rotatable bonds is 4. The van der Waals surface area contributed by atoms with Gasteiger partial charge in [0.15, 0.2) is 15.9 Å². The lowest BCUT2D eigenvalue weighted by Gasteiger charge is -2.30. The number of aromatic nitrogens is 3. The van der Waals surface area contributed by atoms with Crippen LogP contribution in [0.25, 0.3) is 0 Å². The zero-order valence-corrected chi connectivity index (χ0v) is 16.4. The van der Waals surface area contributed by atoms with E-state index in [1.54, 1.807) is 17.8 Å². The third-order valence-electron chi connectivity index (χ3n) is 5.22. The van der Waals surface area contributed by atoms with Crippen LogP contribution in [0.15, 0.2) is 23.5 Å². The molecule has 2 aliphatic heterocycles. The van der Waals surface area contributed by atoms with Crippen LogP contribution in [0.1, 0.15) is 36.1 Å². The fourth-order valence-electron chi connectivity index (χ4n) is 3.67. The van der Waals surface area contributed by atoms with Gasteiger partial charge in [0.25, 0.3) is 0 Å². The number of alkyl halides is 1. The molecule has 4 rings (SSSR count). The van der Waals surface area contributed by atoms with Crippen molar-refractivity contribution in [1.29, 1.82) is 0 Å². The molecule has 0 unspecified atom stereocenters. The second-order valence-corrected chi connectivity index (χ2v) is 9.79. The van der Waals surface area contributed by atoms with E-state index in [1.807, 2.05) is 0 Å². The average molecular weight is 428 g/mol. The Bertz CT molecular complexity index is 1050. The summed E-state index contributed by atoms with van der Waals surface area (Å²) >= 11 is 0. The van der Waals surface area contributed by atoms with Crippen molar-refractivity contribution in [3.63, 3.8) is 0 Å². The van der Waals surface area contributed by atoms with Crippen LogP contribution in [0.2, 0.25) is 0 Å². The number of hydrogen-bond acceptors (Lipinski definition) is 6. The molecular formula is C18H19F3N4O3S. The first-order valence-electron chi connectivity index (χ1n) is 9.14. The van der Waals surface area contributed by atoms with E-state index in [0.717, 1.165) is 17.8 Å². The van der Waals surface area contributed by atoms with E-state index in [9.17, 15) is 17.2 Å². The zero-order chi connectivity index (χ0) is 20.8. The quantitative estimate of drug-likeness (QED) is 0.747. The first kappa shape index (κ1) is 19.9. The molecule has 2 aliphatic rings. The van der Waals surface area contributed by atoms with Crippen molar-refractivity contribution >= 4 is 15.5 Å². The molecule has 11 heteroatoms. The van der Waals surface area contributed by atoms with Crippen LogP contribution in [0.5, 0.6) is 0 Å². The fraction of sp³-hybridized carbons (Fsp3) is 0.500. The largest absolute Gasteiger partial charge is 0.390 e. The number of halogens is 3. The predicted octanol–water partition coefficient (Wildman–Crippen LogP) is 2.43. The Labute approximate surface area is 165 Å². The van der Waals surface area contributed by atoms with E-state index in [4.69, 9.17) is 4.84 Å². The van der Waals surface area contributed by atoms with Crippen LogP contribution in [-0.4, -0.2) is 46.7 Å². The van der Waals surface area contributed by atoms with E-state index in [2.05, 4.69) is 15.5 Å². The van der Waals surface area contributed by atoms with Crippen LogP contribution in [-0.2, 0) is 26.9 Å². The van der Waals surface area contributed by atoms with Crippen LogP contribution >= 0.6 is 0 Å². The average Bonchev–Trinajstić information content (AvgIpc) is 3.27. The molecule has 2 aromatic rings. The molecule has 0 radical (unpaired) electrons. The maximum Gasteiger partial charge on any atom is 0.152 e. The minimum absolute atomic E-state index is 0.160. The van der Waals surface area contributed by atoms with Crippen molar-refractivity contribution in [1.82, 2.24) is 15.0 Å². The standard InChI is InChI=1S/C18H19F3N4O3S/c1-11-9-25(24-22-11)10-13-8-16(23-28-13)12-6-14(19)17(15(20)7-12)18(21)2-4-29(26,27)5-3-18/h6-7,9,13H,2-5,8,10H2,1H3/t13-/m1/s1. The maximum absolute atomic E-state index is 15.2. The third-order valence-corrected chi connectivity index (χ3v) is 6.87. The molecule has 1 saturated heterocycles. The minimum atomic E-state index is -3.37. The second kappa shape index (κ2) is 7.12. The molecule has 1 atom stereocenters. The van der Waals surface area contributed by atoms with Gasteiger partial charge in [0.2, 0.25) is 0 Å². The van der Waals surface area contributed by atoms with E-state index >= 15 is 4.39 Å². The maximum atomic E-state index is 15.2. The molecule has 0 N–H and O–H groups in total. The summed E-state index contributed by atoms with van der Waals surface area (Å²) in [6, 6.07) is 2.04. The second-order valence-electron chi connectivity index (χ2n) is 7.48. The first-order chi connectivity index (χ1) is 13.7. The number of nitrogens with zero attached hydrogens (tertiary/aromatic N) is 4. The van der Waals surface area contributed by atoms with Gasteiger partial charge in [-0.3, -0.25) is 0 Å². The number of aryl methyl sites for hydroxylation is 1. The van der Waals surface area contributed by atoms with Gasteiger partial charge in [-0.05, 0) is 31.9 Å². The predicted molar refractivity (Wildman–Crippen MR) is 97.8 cm³/mol. The summed E-state index contributed by atoms with van der Waals surface area (Å²) in [4.78, 5) is 5.32. The van der Waals surface area contributed by atoms with E-state index in [0.29, 0.717) is 18.7 Å². The zero-order valence-electron chi connectivity index (χ0n) is 15.6. The van der Waals surface area contributed by atoms with Crippen molar-refractivity contribution in [3.8, 4) is 0 Å². The molecule has 1 fully saturated rings. The highest BCUT2D eigenvalue weighted by molar-refractivity contribution is 7.91. The van der Waals surface area contributed by atoms with E-state index < -0.39 is 57.1 Å². The van der Waals surface area contributed by atoms with Crippen LogP contribution in [0, 0.1) is 18.6 Å². The molecule has 1 aromatic heterocycles. The van der Waals surface area contributed by atoms with Gasteiger partial charge in [-0.2, -0.15) is 0 Å². The summed E-state index contributed by atoms with van der Waals surface area (Å²) < 4.78 is 69.2. The number of benzene rings is 1. The Morgan fingerprint density at radius 2 is 1.90 bits per heavy atom. The summed E-state index contributed by atoms with van der Waals surface area (Å²) in [5.41, 5.74) is -1.81. The number of oxime groups is 1. The minimum Gasteiger partial charge on any atom is -0.390 e. The molecule has 0 aliphatic carbocycles. The SMILES string of the molecule is Cc1cn(C[C@H]2CC(c3cc(F)c(C4(F)CCS(=O)(=O)CC4)c(F)c3)=NO2)nn1. The van der Waals surface area contributed by atoms with E-state index in [1.165, 1.54) is 0 Å². The Morgan fingerprint density at radius 1 is 1.24 bits per heavy atom. The summed E-state index contributed by atoms with van der Waals surface area (Å²) in [7, 11) is -3.37. The summed E-state index contributed by atoms with van der Waals surface area (Å²) in [6.45, 7) is 2.17. The Morgan fingerprint density at radius 3 is 2.48 bits per heavy atom. The lowest BCUT2D eigenvalue weighted by Crippen LogP contribution is -2.35. The Balaban J connectivity index is 1.52. The lowest BCUT2D eigenvalue weighted by atomic mass is 9.87. The first-order valence-corrected chi connectivity index (χ1v) is 11.0. The van der Waals surface area contributed by atoms with Gasteiger partial charge in [0.05, 0.1) is 35.0 Å². The number of hydrogen-bond donors (Lipinski definition) is 0. The third kappa shape index (κ3) is 4.00. The highest BCUT2D eigenvalue weighted by Gasteiger charge is 2.43. The van der Waals surface area contributed by atoms with Crippen molar-refractivity contribution in [3.05, 3.63) is 46.8 Å². The molecule has 156 valence electrons. The molecule has 29 heavy (non-hydrogen) atoms. The summed E-state index contributed by atoms with van der Waals surface area (Å²) in [5, 5.41) is 11.7. The van der Waals surface area contributed by atoms with E-state index in [-0.39, 0.29) is 11.7 Å². The Hall–Kier alpha value is -2.43. The van der Waals surface area contributed by atoms with Gasteiger partial charge in [0.1, 0.15) is 17.3 Å². The van der Waals surface area contributed by atoms with Gasteiger partial charge < -0.3 is 4.84 Å². The molecule has 7 nitrogen and oxygen atoms in total. The number of sulfone groups is 1. The van der Waals surface area contributed by atoms with Gasteiger partial charge in [-0.15, -0.1) is 5.10 Å². The summed E-state index contributed by atoms with van der Waals surface area (Å²) in [6.07, 6.45) is 0.738. The van der Waals surface area contributed by atoms with Crippen molar-refractivity contribution < 1.29 is 26.4 Å². The normalized spacial score (nSPS) is 22.9. The van der Waals surface area contributed by atoms with Crippen LogP contribution in [0.4, 0.5) is 13.2 Å². The van der Waals surface area contributed by atoms with Crippen molar-refractivity contribution in [2.45, 2.75) is 44.5 Å². The van der Waals surface area contributed by atoms with Crippen LogP contribution in [0.3, 0.4) is 0 Å². The molecule has 0 amide bonds. The highest BCUT2D eigenvalue weighted by Crippen LogP contribution is 2.41. The lowest BCUT2D eigenvalue weighted by molar-refractivity contribution is 0.0693. The summed E-state index contributed by atoms with van der Waals surface area (Å²) in [5.74, 6) is -2.98. The molecule has 0 bridgehead atoms. The van der Waals surface area contributed by atoms with Gasteiger partial charge in [0, 0.05) is 18.2 Å². The van der Waals surface area contributed by atoms with Gasteiger partial charge in [-0.1, -0.05) is 10.4 Å². The van der Waals surface area contributed by atoms with Crippen molar-refractivity contribution in [2.75, 3.05) is 11.5 Å². The molecule has 0 spiro atoms. The van der Waals surface area contributed by atoms with Crippen LogP contribution < -0.4 is 0 Å². The topological polar surface area (TPSA) is 86.4 Å². The molecule has 0 saturated carbocycles. The van der Waals surface area contributed by atoms with Crippen molar-refractivity contribution in [2.24, 2.45) is 5.16 Å². The molecule has 3 heterocycles. The highest BCUT2D eigenvalue weighted by atomic mass is 32.2. The fourth-order valence-corrected chi connectivity index (χ4v) is 5.14. The smallest absolute Gasteiger partial charge is 0.152 e. The Kier molecular flexibility index (Phi) is 4.88. The molecular weight excluding hydrogens is 409 g/mol. The van der Waals surface area contributed by atoms with Gasteiger partial charge >= 0.3 is 0 Å². The van der Waals surface area contributed by atoms with Gasteiger partial charge in [-0.25, -0.2) is 26.3 Å². The monoisotopic (exact) mass is 428 g/mol. The molecule has 1 aromatic carbocycles.